The van der Waals surface area contributed by atoms with Crippen LogP contribution in [0.1, 0.15) is 18.1 Å². The molecule has 0 saturated carbocycles. The van der Waals surface area contributed by atoms with Gasteiger partial charge >= 0.3 is 5.97 Å². The number of esters is 1. The Morgan fingerprint density at radius 3 is 2.41 bits per heavy atom. The van der Waals surface area contributed by atoms with E-state index in [0.29, 0.717) is 19.8 Å². The molecule has 0 N–H and O–H groups in total. The lowest BCUT2D eigenvalue weighted by Gasteiger charge is -2.16. The van der Waals surface area contributed by atoms with Crippen LogP contribution < -0.4 is 0 Å². The number of rotatable bonds is 10. The molecule has 5 nitrogen and oxygen atoms in total. The highest BCUT2D eigenvalue weighted by Gasteiger charge is 2.13. The number of nitrogens with zero attached hydrogens (tertiary/aromatic N) is 1. The second kappa shape index (κ2) is 11.5. The molecular weight excluding hydrogens is 410 g/mol. The smallest absolute Gasteiger partial charge is 0.355 e. The molecule has 144 valence electrons. The van der Waals surface area contributed by atoms with E-state index in [2.05, 4.69) is 38.0 Å². The van der Waals surface area contributed by atoms with Crippen LogP contribution in [0.2, 0.25) is 0 Å². The van der Waals surface area contributed by atoms with Crippen LogP contribution in [-0.2, 0) is 32.1 Å². The monoisotopic (exact) mass is 433 g/mol. The van der Waals surface area contributed by atoms with Crippen LogP contribution in [0.5, 0.6) is 0 Å². The van der Waals surface area contributed by atoms with E-state index in [1.165, 1.54) is 12.7 Å². The summed E-state index contributed by atoms with van der Waals surface area (Å²) in [6.45, 7) is 2.97. The van der Waals surface area contributed by atoms with E-state index in [4.69, 9.17) is 9.57 Å². The minimum Gasteiger partial charge on any atom is -0.464 e. The van der Waals surface area contributed by atoms with E-state index in [1.807, 2.05) is 42.5 Å². The molecule has 0 aliphatic carbocycles. The van der Waals surface area contributed by atoms with Crippen molar-refractivity contribution in [3.8, 4) is 0 Å². The highest BCUT2D eigenvalue weighted by atomic mass is 79.9. The Labute approximate surface area is 168 Å². The molecule has 2 aromatic carbocycles. The predicted molar refractivity (Wildman–Crippen MR) is 109 cm³/mol. The van der Waals surface area contributed by atoms with Gasteiger partial charge in [-0.15, -0.1) is 0 Å². The highest BCUT2D eigenvalue weighted by Crippen LogP contribution is 2.15. The van der Waals surface area contributed by atoms with Crippen molar-refractivity contribution >= 4 is 27.6 Å². The molecule has 0 fully saturated rings. The lowest BCUT2D eigenvalue weighted by atomic mass is 10.0. The first-order valence-corrected chi connectivity index (χ1v) is 9.48. The summed E-state index contributed by atoms with van der Waals surface area (Å²) in [5.41, 5.74) is 2.49. The molecule has 0 aliphatic heterocycles. The van der Waals surface area contributed by atoms with Gasteiger partial charge in [0.25, 0.3) is 0 Å². The van der Waals surface area contributed by atoms with Gasteiger partial charge in [-0.3, -0.25) is 0 Å². The maximum Gasteiger partial charge on any atom is 0.355 e. The summed E-state index contributed by atoms with van der Waals surface area (Å²) in [5.74, 6) is -0.399. The van der Waals surface area contributed by atoms with Crippen molar-refractivity contribution in [3.05, 3.63) is 70.2 Å². The van der Waals surface area contributed by atoms with E-state index >= 15 is 0 Å². The van der Waals surface area contributed by atoms with Gasteiger partial charge in [0, 0.05) is 10.4 Å². The summed E-state index contributed by atoms with van der Waals surface area (Å²) in [5, 5.41) is 3.84. The van der Waals surface area contributed by atoms with E-state index in [-0.39, 0.29) is 11.6 Å². The third-order valence-corrected chi connectivity index (χ3v) is 4.42. The first-order valence-electron chi connectivity index (χ1n) is 8.69. The van der Waals surface area contributed by atoms with Crippen LogP contribution in [0, 0.1) is 5.92 Å². The van der Waals surface area contributed by atoms with E-state index < -0.39 is 5.97 Å². The number of hydrogen-bond donors (Lipinski definition) is 0. The van der Waals surface area contributed by atoms with Crippen LogP contribution in [0.25, 0.3) is 0 Å². The standard InChI is InChI=1S/C21H24BrNO4/c1-16(21(24)25-2)23-27-15-19(12-17-8-10-20(22)11-9-17)14-26-13-18-6-4-3-5-7-18/h3-11,19H,12-15H2,1-2H3/b23-16+. The normalized spacial score (nSPS) is 12.5. The number of benzene rings is 2. The fourth-order valence-electron chi connectivity index (χ4n) is 2.46. The average molecular weight is 434 g/mol. The van der Waals surface area contributed by atoms with Crippen LogP contribution in [0.3, 0.4) is 0 Å². The molecule has 1 unspecified atom stereocenters. The Morgan fingerprint density at radius 1 is 1.04 bits per heavy atom. The molecule has 0 saturated heterocycles. The van der Waals surface area contributed by atoms with Gasteiger partial charge in [-0.2, -0.15) is 0 Å². The van der Waals surface area contributed by atoms with Gasteiger partial charge < -0.3 is 14.3 Å². The van der Waals surface area contributed by atoms with Crippen molar-refractivity contribution in [3.63, 3.8) is 0 Å². The molecule has 0 heterocycles. The van der Waals surface area contributed by atoms with E-state index in [0.717, 1.165) is 16.5 Å². The Kier molecular flexibility index (Phi) is 9.01. The van der Waals surface area contributed by atoms with Crippen molar-refractivity contribution in [2.45, 2.75) is 20.0 Å². The van der Waals surface area contributed by atoms with Crippen LogP contribution in [-0.4, -0.2) is 32.0 Å². The largest absolute Gasteiger partial charge is 0.464 e. The minimum absolute atomic E-state index is 0.101. The molecular formula is C21H24BrNO4. The summed E-state index contributed by atoms with van der Waals surface area (Å²) < 4.78 is 11.5. The molecule has 0 radical (unpaired) electrons. The quantitative estimate of drug-likeness (QED) is 0.316. The summed E-state index contributed by atoms with van der Waals surface area (Å²) >= 11 is 3.45. The van der Waals surface area contributed by atoms with Gasteiger partial charge in [-0.1, -0.05) is 63.6 Å². The van der Waals surface area contributed by atoms with Crippen molar-refractivity contribution in [2.24, 2.45) is 11.1 Å². The Hall–Kier alpha value is -2.18. The number of carbonyl (C=O) groups is 1. The molecule has 2 rings (SSSR count). The number of ether oxygens (including phenoxy) is 2. The zero-order valence-electron chi connectivity index (χ0n) is 15.6. The van der Waals surface area contributed by atoms with Crippen molar-refractivity contribution in [2.75, 3.05) is 20.3 Å². The third-order valence-electron chi connectivity index (χ3n) is 3.90. The van der Waals surface area contributed by atoms with Gasteiger partial charge in [-0.05, 0) is 36.6 Å². The number of carbonyl (C=O) groups excluding carboxylic acids is 1. The van der Waals surface area contributed by atoms with E-state index in [1.54, 1.807) is 6.92 Å². The number of oxime groups is 1. The SMILES string of the molecule is COC(=O)/C(C)=N/OCC(COCc1ccccc1)Cc1ccc(Br)cc1. The zero-order chi connectivity index (χ0) is 19.5. The second-order valence-electron chi connectivity index (χ2n) is 6.16. The number of methoxy groups -OCH3 is 1. The van der Waals surface area contributed by atoms with Crippen LogP contribution in [0.15, 0.2) is 64.2 Å². The molecule has 1 atom stereocenters. The first-order chi connectivity index (χ1) is 13.1. The third kappa shape index (κ3) is 7.93. The highest BCUT2D eigenvalue weighted by molar-refractivity contribution is 9.10. The van der Waals surface area contributed by atoms with Gasteiger partial charge in [0.2, 0.25) is 0 Å². The lowest BCUT2D eigenvalue weighted by molar-refractivity contribution is -0.133. The minimum atomic E-state index is -0.500. The van der Waals surface area contributed by atoms with Crippen molar-refractivity contribution in [1.82, 2.24) is 0 Å². The van der Waals surface area contributed by atoms with E-state index in [9.17, 15) is 4.79 Å². The summed E-state index contributed by atoms with van der Waals surface area (Å²) in [6, 6.07) is 18.2. The van der Waals surface area contributed by atoms with Crippen LogP contribution in [0.4, 0.5) is 0 Å². The topological polar surface area (TPSA) is 57.1 Å². The lowest BCUT2D eigenvalue weighted by Crippen LogP contribution is -2.19. The Morgan fingerprint density at radius 2 is 1.74 bits per heavy atom. The molecule has 0 spiro atoms. The predicted octanol–water partition coefficient (Wildman–Crippen LogP) is 4.39. The molecule has 0 amide bonds. The molecule has 27 heavy (non-hydrogen) atoms. The first kappa shape index (κ1) is 21.1. The van der Waals surface area contributed by atoms with Gasteiger partial charge in [0.05, 0.1) is 20.3 Å². The number of hydrogen-bond acceptors (Lipinski definition) is 5. The Bertz CT molecular complexity index is 732. The zero-order valence-corrected chi connectivity index (χ0v) is 17.1. The molecule has 2 aromatic rings. The summed E-state index contributed by atoms with van der Waals surface area (Å²) in [4.78, 5) is 16.8. The molecule has 0 bridgehead atoms. The molecule has 0 aliphatic rings. The fraction of sp³-hybridized carbons (Fsp3) is 0.333. The van der Waals surface area contributed by atoms with Gasteiger partial charge in [-0.25, -0.2) is 4.79 Å². The second-order valence-corrected chi connectivity index (χ2v) is 7.08. The maximum absolute atomic E-state index is 11.4. The van der Waals surface area contributed by atoms with Crippen LogP contribution >= 0.6 is 15.9 Å². The van der Waals surface area contributed by atoms with Gasteiger partial charge in [0.1, 0.15) is 6.61 Å². The van der Waals surface area contributed by atoms with Gasteiger partial charge in [0.15, 0.2) is 5.71 Å². The summed E-state index contributed by atoms with van der Waals surface area (Å²) in [7, 11) is 1.31. The molecule has 6 heteroatoms. The van der Waals surface area contributed by atoms with Crippen molar-refractivity contribution in [1.29, 1.82) is 0 Å². The number of halogens is 1. The fourth-order valence-corrected chi connectivity index (χ4v) is 2.73. The summed E-state index contributed by atoms with van der Waals surface area (Å²) in [6.07, 6.45) is 0.787. The van der Waals surface area contributed by atoms with Crippen molar-refractivity contribution < 1.29 is 19.1 Å². The maximum atomic E-state index is 11.4. The molecule has 0 aromatic heterocycles. The average Bonchev–Trinajstić information content (AvgIpc) is 2.69. The Balaban J connectivity index is 1.92.